The molecule has 33 heavy (non-hydrogen) atoms. The Morgan fingerprint density at radius 3 is 2.45 bits per heavy atom. The third-order valence-electron chi connectivity index (χ3n) is 7.35. The molecule has 0 bridgehead atoms. The molecule has 1 atom stereocenters. The molecule has 1 aromatic rings. The number of hydrogen-bond acceptors (Lipinski definition) is 6. The molecular formula is C23H38N4O4S2. The standard InChI is InChI=1S/C23H38N4O4S2/c1-2-25-13-5-8-22(25)19-27(16-17-32(28,29)26-14-11-24-12-15-26)33(30,31)23-10-9-20-6-3-4-7-21(20)18-23/h9-10,18,22,24H,2-8,11-17,19H2,1H3. The van der Waals surface area contributed by atoms with Crippen LogP contribution in [0.4, 0.5) is 0 Å². The molecule has 4 rings (SSSR count). The van der Waals surface area contributed by atoms with Crippen LogP contribution in [0.5, 0.6) is 0 Å². The largest absolute Gasteiger partial charge is 0.314 e. The van der Waals surface area contributed by atoms with Gasteiger partial charge in [-0.15, -0.1) is 0 Å². The van der Waals surface area contributed by atoms with Crippen molar-refractivity contribution in [2.75, 3.05) is 58.1 Å². The predicted octanol–water partition coefficient (Wildman–Crippen LogP) is 1.28. The maximum absolute atomic E-state index is 13.8. The molecular weight excluding hydrogens is 460 g/mol. The van der Waals surface area contributed by atoms with Gasteiger partial charge in [-0.3, -0.25) is 4.90 Å². The van der Waals surface area contributed by atoms with Crippen molar-refractivity contribution in [1.82, 2.24) is 18.8 Å². The number of nitrogens with one attached hydrogen (secondary N) is 1. The van der Waals surface area contributed by atoms with Gasteiger partial charge >= 0.3 is 0 Å². The van der Waals surface area contributed by atoms with Crippen molar-refractivity contribution < 1.29 is 16.8 Å². The Labute approximate surface area is 199 Å². The molecule has 1 aromatic carbocycles. The molecule has 0 radical (unpaired) electrons. The zero-order valence-corrected chi connectivity index (χ0v) is 21.3. The summed E-state index contributed by atoms with van der Waals surface area (Å²) in [6, 6.07) is 5.62. The quantitative estimate of drug-likeness (QED) is 0.552. The third-order valence-corrected chi connectivity index (χ3v) is 11.1. The Hall–Kier alpha value is -1.04. The highest BCUT2D eigenvalue weighted by atomic mass is 32.2. The number of hydrogen-bond donors (Lipinski definition) is 1. The lowest BCUT2D eigenvalue weighted by Gasteiger charge is -2.31. The van der Waals surface area contributed by atoms with Crippen molar-refractivity contribution in [3.05, 3.63) is 29.3 Å². The Bertz CT molecular complexity index is 1020. The summed E-state index contributed by atoms with van der Waals surface area (Å²) in [6.07, 6.45) is 6.11. The molecule has 1 aliphatic carbocycles. The number of likely N-dealkylation sites (tertiary alicyclic amines) is 1. The van der Waals surface area contributed by atoms with Crippen LogP contribution in [0.2, 0.25) is 0 Å². The maximum atomic E-state index is 13.8. The second-order valence-corrected chi connectivity index (χ2v) is 13.4. The first-order valence-corrected chi connectivity index (χ1v) is 15.4. The second kappa shape index (κ2) is 10.7. The lowest BCUT2D eigenvalue weighted by Crippen LogP contribution is -2.49. The van der Waals surface area contributed by atoms with Gasteiger partial charge in [-0.05, 0) is 74.9 Å². The summed E-state index contributed by atoms with van der Waals surface area (Å²) in [5.74, 6) is -0.185. The van der Waals surface area contributed by atoms with E-state index < -0.39 is 20.0 Å². The Balaban J connectivity index is 1.57. The minimum absolute atomic E-state index is 0.0142. The fourth-order valence-electron chi connectivity index (χ4n) is 5.35. The number of nitrogens with zero attached hydrogens (tertiary/aromatic N) is 3. The molecule has 0 saturated carbocycles. The fourth-order valence-corrected chi connectivity index (χ4v) is 8.44. The maximum Gasteiger partial charge on any atom is 0.243 e. The average molecular weight is 499 g/mol. The van der Waals surface area contributed by atoms with Crippen LogP contribution in [0, 0.1) is 0 Å². The van der Waals surface area contributed by atoms with Crippen LogP contribution in [-0.2, 0) is 32.9 Å². The molecule has 3 aliphatic rings. The Morgan fingerprint density at radius 2 is 1.73 bits per heavy atom. The fraction of sp³-hybridized carbons (Fsp3) is 0.739. The molecule has 10 heteroatoms. The van der Waals surface area contributed by atoms with Crippen molar-refractivity contribution in [3.63, 3.8) is 0 Å². The number of piperazine rings is 1. The summed E-state index contributed by atoms with van der Waals surface area (Å²) < 4.78 is 56.4. The van der Waals surface area contributed by atoms with Gasteiger partial charge in [-0.2, -0.15) is 8.61 Å². The van der Waals surface area contributed by atoms with E-state index in [9.17, 15) is 16.8 Å². The van der Waals surface area contributed by atoms with E-state index in [1.54, 1.807) is 6.07 Å². The van der Waals surface area contributed by atoms with Gasteiger partial charge in [0.05, 0.1) is 10.6 Å². The number of aryl methyl sites for hydroxylation is 2. The number of likely N-dealkylation sites (N-methyl/N-ethyl adjacent to an activating group) is 1. The van der Waals surface area contributed by atoms with Gasteiger partial charge < -0.3 is 5.32 Å². The molecule has 0 spiro atoms. The molecule has 2 fully saturated rings. The summed E-state index contributed by atoms with van der Waals surface area (Å²) in [5, 5.41) is 3.16. The van der Waals surface area contributed by atoms with Gasteiger partial charge in [0.15, 0.2) is 0 Å². The first-order valence-electron chi connectivity index (χ1n) is 12.4. The second-order valence-electron chi connectivity index (χ2n) is 9.39. The van der Waals surface area contributed by atoms with E-state index in [1.807, 2.05) is 12.1 Å². The van der Waals surface area contributed by atoms with Crippen LogP contribution in [0.15, 0.2) is 23.1 Å². The SMILES string of the molecule is CCN1CCCC1CN(CCS(=O)(=O)N1CCNCC1)S(=O)(=O)c1ccc2c(c1)CCCC2. The van der Waals surface area contributed by atoms with Gasteiger partial charge in [0, 0.05) is 45.3 Å². The van der Waals surface area contributed by atoms with Gasteiger partial charge in [0.2, 0.25) is 20.0 Å². The lowest BCUT2D eigenvalue weighted by molar-refractivity contribution is 0.229. The smallest absolute Gasteiger partial charge is 0.243 e. The summed E-state index contributed by atoms with van der Waals surface area (Å²) in [4.78, 5) is 2.60. The first kappa shape index (κ1) is 25.1. The molecule has 2 heterocycles. The summed E-state index contributed by atoms with van der Waals surface area (Å²) in [6.45, 7) is 6.38. The van der Waals surface area contributed by atoms with Crippen molar-refractivity contribution >= 4 is 20.0 Å². The van der Waals surface area contributed by atoms with E-state index in [-0.39, 0.29) is 18.3 Å². The van der Waals surface area contributed by atoms with Crippen molar-refractivity contribution in [2.24, 2.45) is 0 Å². The normalized spacial score (nSPS) is 23.2. The zero-order valence-electron chi connectivity index (χ0n) is 19.7. The third kappa shape index (κ3) is 5.79. The highest BCUT2D eigenvalue weighted by molar-refractivity contribution is 7.90. The van der Waals surface area contributed by atoms with Crippen LogP contribution >= 0.6 is 0 Å². The van der Waals surface area contributed by atoms with Crippen LogP contribution in [0.25, 0.3) is 0 Å². The summed E-state index contributed by atoms with van der Waals surface area (Å²) in [7, 11) is -7.31. The van der Waals surface area contributed by atoms with E-state index in [0.29, 0.717) is 37.6 Å². The average Bonchev–Trinajstić information content (AvgIpc) is 3.29. The molecule has 1 unspecified atom stereocenters. The van der Waals surface area contributed by atoms with Gasteiger partial charge in [-0.1, -0.05) is 13.0 Å². The number of rotatable bonds is 9. The Kier molecular flexibility index (Phi) is 8.13. The molecule has 1 N–H and O–H groups in total. The monoisotopic (exact) mass is 498 g/mol. The minimum Gasteiger partial charge on any atom is -0.314 e. The van der Waals surface area contributed by atoms with Crippen LogP contribution < -0.4 is 5.32 Å². The van der Waals surface area contributed by atoms with Crippen LogP contribution in [-0.4, -0.2) is 94.5 Å². The molecule has 0 aromatic heterocycles. The van der Waals surface area contributed by atoms with Gasteiger partial charge in [0.1, 0.15) is 0 Å². The van der Waals surface area contributed by atoms with E-state index in [0.717, 1.165) is 57.2 Å². The molecule has 0 amide bonds. The topological polar surface area (TPSA) is 90.0 Å². The number of fused-ring (bicyclic) bond motifs is 1. The molecule has 186 valence electrons. The van der Waals surface area contributed by atoms with Crippen molar-refractivity contribution in [3.8, 4) is 0 Å². The molecule has 8 nitrogen and oxygen atoms in total. The Morgan fingerprint density at radius 1 is 1.00 bits per heavy atom. The number of sulfonamides is 2. The van der Waals surface area contributed by atoms with E-state index in [4.69, 9.17) is 0 Å². The molecule has 2 aliphatic heterocycles. The van der Waals surface area contributed by atoms with Crippen LogP contribution in [0.1, 0.15) is 43.7 Å². The van der Waals surface area contributed by atoms with Gasteiger partial charge in [-0.25, -0.2) is 16.8 Å². The minimum atomic E-state index is -3.80. The van der Waals surface area contributed by atoms with Crippen LogP contribution in [0.3, 0.4) is 0 Å². The lowest BCUT2D eigenvalue weighted by atomic mass is 9.92. The number of benzene rings is 1. The predicted molar refractivity (Wildman–Crippen MR) is 130 cm³/mol. The highest BCUT2D eigenvalue weighted by Gasteiger charge is 2.34. The summed E-state index contributed by atoms with van der Waals surface area (Å²) in [5.41, 5.74) is 2.35. The van der Waals surface area contributed by atoms with Crippen molar-refractivity contribution in [1.29, 1.82) is 0 Å². The van der Waals surface area contributed by atoms with E-state index in [1.165, 1.54) is 14.2 Å². The zero-order chi connectivity index (χ0) is 23.5. The highest BCUT2D eigenvalue weighted by Crippen LogP contribution is 2.27. The first-order chi connectivity index (χ1) is 15.8. The van der Waals surface area contributed by atoms with Gasteiger partial charge in [0.25, 0.3) is 0 Å². The van der Waals surface area contributed by atoms with E-state index >= 15 is 0 Å². The van der Waals surface area contributed by atoms with E-state index in [2.05, 4.69) is 17.1 Å². The summed E-state index contributed by atoms with van der Waals surface area (Å²) >= 11 is 0. The molecule has 2 saturated heterocycles. The van der Waals surface area contributed by atoms with Crippen molar-refractivity contribution in [2.45, 2.75) is 56.4 Å².